The molecule has 130 valence electrons. The van der Waals surface area contributed by atoms with Gasteiger partial charge in [0.2, 0.25) is 5.91 Å². The average molecular weight is 378 g/mol. The summed E-state index contributed by atoms with van der Waals surface area (Å²) in [5.74, 6) is -0.161. The van der Waals surface area contributed by atoms with E-state index in [4.69, 9.17) is 17.3 Å². The highest BCUT2D eigenvalue weighted by Crippen LogP contribution is 2.49. The van der Waals surface area contributed by atoms with Crippen molar-refractivity contribution in [3.63, 3.8) is 0 Å². The maximum absolute atomic E-state index is 12.3. The number of hydrogen-bond acceptors (Lipinski definition) is 4. The number of nitrogens with two attached hydrogens (primary N) is 1. The third-order valence-electron chi connectivity index (χ3n) is 4.00. The van der Waals surface area contributed by atoms with Gasteiger partial charge in [0.25, 0.3) is 0 Å². The molecule has 2 aromatic rings. The number of primary amides is 1. The van der Waals surface area contributed by atoms with Crippen molar-refractivity contribution in [2.75, 3.05) is 4.90 Å². The summed E-state index contributed by atoms with van der Waals surface area (Å²) in [4.78, 5) is 26.9. The summed E-state index contributed by atoms with van der Waals surface area (Å²) in [6, 6.07) is 9.22. The molecule has 0 saturated carbocycles. The lowest BCUT2D eigenvalue weighted by molar-refractivity contribution is -0.115. The van der Waals surface area contributed by atoms with E-state index in [1.165, 1.54) is 18.7 Å². The van der Waals surface area contributed by atoms with Crippen LogP contribution in [0, 0.1) is 0 Å². The smallest absolute Gasteiger partial charge is 0.339 e. The Hall–Kier alpha value is -2.22. The van der Waals surface area contributed by atoms with Gasteiger partial charge in [0, 0.05) is 21.7 Å². The van der Waals surface area contributed by atoms with Gasteiger partial charge in [-0.15, -0.1) is 0 Å². The number of hydrogen-bond donors (Lipinski definition) is 2. The number of urea groups is 1. The summed E-state index contributed by atoms with van der Waals surface area (Å²) in [5.41, 5.74) is 7.15. The lowest BCUT2D eigenvalue weighted by Crippen LogP contribution is -2.35. The van der Waals surface area contributed by atoms with Crippen LogP contribution in [0.5, 0.6) is 0 Å². The first-order chi connectivity index (χ1) is 11.8. The topological polar surface area (TPSA) is 86.9 Å². The Labute approximate surface area is 154 Å². The van der Waals surface area contributed by atoms with E-state index in [0.29, 0.717) is 27.0 Å². The van der Waals surface area contributed by atoms with Gasteiger partial charge in [-0.1, -0.05) is 29.4 Å². The molecular formula is C17H16ClN3O3S. The molecule has 0 aliphatic carbocycles. The van der Waals surface area contributed by atoms with E-state index in [1.54, 1.807) is 36.1 Å². The second kappa shape index (κ2) is 6.59. The zero-order chi connectivity index (χ0) is 18.3. The lowest BCUT2D eigenvalue weighted by atomic mass is 10.1. The van der Waals surface area contributed by atoms with Crippen LogP contribution in [0.15, 0.2) is 46.2 Å². The van der Waals surface area contributed by atoms with E-state index in [1.807, 2.05) is 12.1 Å². The Bertz CT molecular complexity index is 874. The molecular weight excluding hydrogens is 362 g/mol. The summed E-state index contributed by atoms with van der Waals surface area (Å²) >= 11 is 7.62. The van der Waals surface area contributed by atoms with Crippen LogP contribution in [0.4, 0.5) is 16.2 Å². The average Bonchev–Trinajstić information content (AvgIpc) is 2.57. The molecule has 25 heavy (non-hydrogen) atoms. The van der Waals surface area contributed by atoms with Crippen molar-refractivity contribution in [2.24, 2.45) is 5.73 Å². The Morgan fingerprint density at radius 2 is 1.80 bits per heavy atom. The zero-order valence-electron chi connectivity index (χ0n) is 13.6. The number of fused-ring (bicyclic) bond motifs is 2. The fourth-order valence-electron chi connectivity index (χ4n) is 2.73. The minimum Gasteiger partial charge on any atom is -0.350 e. The van der Waals surface area contributed by atoms with Crippen LogP contribution in [0.1, 0.15) is 25.5 Å². The standard InChI is InChI=1S/C17H16ClN3O3S/c1-9(21(24)17(19)23)11-3-5-15-13(7-11)20(10(2)22)14-8-12(18)4-6-16(14)25-15/h3-9,24H,1-2H3,(H2,19,23). The molecule has 0 spiro atoms. The number of benzene rings is 2. The van der Waals surface area contributed by atoms with Gasteiger partial charge >= 0.3 is 6.03 Å². The first-order valence-electron chi connectivity index (χ1n) is 7.49. The molecule has 1 unspecified atom stereocenters. The van der Waals surface area contributed by atoms with Gasteiger partial charge in [-0.3, -0.25) is 14.9 Å². The minimum absolute atomic E-state index is 0.161. The van der Waals surface area contributed by atoms with Crippen molar-refractivity contribution in [1.82, 2.24) is 5.06 Å². The predicted octanol–water partition coefficient (Wildman–Crippen LogP) is 4.32. The summed E-state index contributed by atoms with van der Waals surface area (Å²) in [5, 5.41) is 10.8. The van der Waals surface area contributed by atoms with Gasteiger partial charge < -0.3 is 5.73 Å². The van der Waals surface area contributed by atoms with Crippen LogP contribution >= 0.6 is 23.4 Å². The highest BCUT2D eigenvalue weighted by atomic mass is 35.5. The monoisotopic (exact) mass is 377 g/mol. The van der Waals surface area contributed by atoms with Crippen LogP contribution in [-0.2, 0) is 4.79 Å². The Morgan fingerprint density at radius 3 is 2.40 bits per heavy atom. The van der Waals surface area contributed by atoms with Crippen molar-refractivity contribution in [3.8, 4) is 0 Å². The molecule has 0 fully saturated rings. The van der Waals surface area contributed by atoms with Crippen LogP contribution in [0.25, 0.3) is 0 Å². The molecule has 0 saturated heterocycles. The second-order valence-corrected chi connectivity index (χ2v) is 7.17. The van der Waals surface area contributed by atoms with Gasteiger partial charge in [-0.25, -0.2) is 4.79 Å². The number of carbonyl (C=O) groups excluding carboxylic acids is 2. The first kappa shape index (κ1) is 17.6. The summed E-state index contributed by atoms with van der Waals surface area (Å²) in [6.45, 7) is 3.12. The molecule has 3 N–H and O–H groups in total. The van der Waals surface area contributed by atoms with Gasteiger partial charge in [0.1, 0.15) is 0 Å². The molecule has 0 radical (unpaired) electrons. The number of nitrogens with zero attached hydrogens (tertiary/aromatic N) is 2. The lowest BCUT2D eigenvalue weighted by Gasteiger charge is -2.31. The normalized spacial score (nSPS) is 13.7. The van der Waals surface area contributed by atoms with E-state index >= 15 is 0 Å². The third kappa shape index (κ3) is 3.18. The summed E-state index contributed by atoms with van der Waals surface area (Å²) in [6.07, 6.45) is 0. The van der Waals surface area contributed by atoms with Gasteiger partial charge in [-0.2, -0.15) is 5.06 Å². The molecule has 1 atom stereocenters. The zero-order valence-corrected chi connectivity index (χ0v) is 15.1. The highest BCUT2D eigenvalue weighted by Gasteiger charge is 2.28. The van der Waals surface area contributed by atoms with E-state index < -0.39 is 12.1 Å². The molecule has 3 amide bonds. The van der Waals surface area contributed by atoms with Crippen molar-refractivity contribution in [2.45, 2.75) is 29.7 Å². The largest absolute Gasteiger partial charge is 0.350 e. The third-order valence-corrected chi connectivity index (χ3v) is 5.36. The van der Waals surface area contributed by atoms with E-state index in [2.05, 4.69) is 0 Å². The van der Waals surface area contributed by atoms with Crippen LogP contribution in [0.3, 0.4) is 0 Å². The number of halogens is 1. The minimum atomic E-state index is -0.944. The fraction of sp³-hybridized carbons (Fsp3) is 0.176. The van der Waals surface area contributed by atoms with Crippen LogP contribution < -0.4 is 10.6 Å². The van der Waals surface area contributed by atoms with Gasteiger partial charge in [0.15, 0.2) is 0 Å². The van der Waals surface area contributed by atoms with Crippen molar-refractivity contribution in [1.29, 1.82) is 0 Å². The molecule has 8 heteroatoms. The van der Waals surface area contributed by atoms with Gasteiger partial charge in [-0.05, 0) is 42.8 Å². The maximum atomic E-state index is 12.3. The van der Waals surface area contributed by atoms with Crippen molar-refractivity contribution in [3.05, 3.63) is 47.0 Å². The predicted molar refractivity (Wildman–Crippen MR) is 96.5 cm³/mol. The molecule has 1 heterocycles. The first-order valence-corrected chi connectivity index (χ1v) is 8.68. The Kier molecular flexibility index (Phi) is 4.64. The van der Waals surface area contributed by atoms with E-state index in [0.717, 1.165) is 9.79 Å². The molecule has 6 nitrogen and oxygen atoms in total. The van der Waals surface area contributed by atoms with E-state index in [9.17, 15) is 14.8 Å². The van der Waals surface area contributed by atoms with E-state index in [-0.39, 0.29) is 5.91 Å². The quantitative estimate of drug-likeness (QED) is 0.602. The fourth-order valence-corrected chi connectivity index (χ4v) is 3.91. The number of rotatable bonds is 2. The van der Waals surface area contributed by atoms with Crippen molar-refractivity contribution >= 4 is 46.7 Å². The number of carbonyl (C=O) groups is 2. The molecule has 2 aromatic carbocycles. The second-order valence-electron chi connectivity index (χ2n) is 5.65. The SMILES string of the molecule is CC(=O)N1c2cc(Cl)ccc2Sc2ccc(C(C)N(O)C(N)=O)cc21. The number of anilines is 2. The highest BCUT2D eigenvalue weighted by molar-refractivity contribution is 7.99. The molecule has 3 rings (SSSR count). The molecule has 0 bridgehead atoms. The molecule has 0 aromatic heterocycles. The van der Waals surface area contributed by atoms with Crippen molar-refractivity contribution < 1.29 is 14.8 Å². The molecule has 1 aliphatic heterocycles. The summed E-state index contributed by atoms with van der Waals surface area (Å²) in [7, 11) is 0. The number of hydroxylamine groups is 2. The molecule has 1 aliphatic rings. The maximum Gasteiger partial charge on any atom is 0.339 e. The Balaban J connectivity index is 2.10. The van der Waals surface area contributed by atoms with Crippen LogP contribution in [0.2, 0.25) is 5.02 Å². The summed E-state index contributed by atoms with van der Waals surface area (Å²) < 4.78 is 0. The number of amides is 3. The van der Waals surface area contributed by atoms with Crippen LogP contribution in [-0.4, -0.2) is 22.2 Å². The van der Waals surface area contributed by atoms with Gasteiger partial charge in [0.05, 0.1) is 17.4 Å². The Morgan fingerprint density at radius 1 is 1.20 bits per heavy atom.